The number of hydrogen-bond acceptors (Lipinski definition) is 16. The zero-order valence-corrected chi connectivity index (χ0v) is 37.5. The molecule has 3 N–H and O–H groups in total. The molecule has 18 nitrogen and oxygen atoms in total. The summed E-state index contributed by atoms with van der Waals surface area (Å²) < 4.78 is 54.7. The molecule has 190 valence electrons. The van der Waals surface area contributed by atoms with E-state index in [1.807, 2.05) is 0 Å². The van der Waals surface area contributed by atoms with Gasteiger partial charge in [-0.05, 0) is 6.07 Å². The van der Waals surface area contributed by atoms with Crippen LogP contribution >= 0.6 is 30.3 Å². The van der Waals surface area contributed by atoms with E-state index in [4.69, 9.17) is 4.74 Å². The summed E-state index contributed by atoms with van der Waals surface area (Å²) in [5.41, 5.74) is -1.24. The summed E-state index contributed by atoms with van der Waals surface area (Å²) in [5, 5.41) is 21.5. The van der Waals surface area contributed by atoms with Gasteiger partial charge in [0.2, 0.25) is 0 Å². The second-order valence-corrected chi connectivity index (χ2v) is 14.6. The fraction of sp³-hybridized carbons (Fsp3) is 0.636. The Hall–Kier alpha value is 5.20. The Labute approximate surface area is 354 Å². The molecule has 0 aromatic carbocycles. The number of aliphatic hydroxyl groups excluding tert-OH is 2. The number of hydrogen-bond donors (Lipinski definition) is 3. The first-order valence-corrected chi connectivity index (χ1v) is 15.4. The zero-order valence-electron chi connectivity index (χ0n) is 22.0. The van der Waals surface area contributed by atoms with Crippen LogP contribution in [0.2, 0.25) is 0 Å². The zero-order chi connectivity index (χ0) is 25.4. The summed E-state index contributed by atoms with van der Waals surface area (Å²) in [5.74, 6) is -4.40. The standard InChI is InChI=1S/C11H21N3O15P4.6Na/c15-8-6(3-28-32(23,24)5-30(18,19)4-31(20,21)22)29-10(9(8)16)14-2-1-7(12-11(14)17)13-33(25,26)27;;;;;;/h1-2,6,8-10,15-16H,3-5H2,(H,18,19)(H,23,24)(H2,20,21,22)(H3,12,13,17,25,26,27);;;;;;/q;6*+1/p-6/t6-,8-,9-,10-;;;;;;/m1....../s1. The van der Waals surface area contributed by atoms with E-state index in [2.05, 4.69) is 9.51 Å². The van der Waals surface area contributed by atoms with Crippen molar-refractivity contribution in [2.75, 3.05) is 23.5 Å². The van der Waals surface area contributed by atoms with Gasteiger partial charge in [0.1, 0.15) is 31.7 Å². The third-order valence-corrected chi connectivity index (χ3v) is 11.2. The van der Waals surface area contributed by atoms with E-state index < -0.39 is 84.8 Å². The molecular formula is C11H15N3Na6O15P4. The van der Waals surface area contributed by atoms with E-state index in [1.54, 1.807) is 0 Å². The molecule has 1 saturated heterocycles. The van der Waals surface area contributed by atoms with E-state index in [9.17, 15) is 62.6 Å². The van der Waals surface area contributed by atoms with Crippen LogP contribution in [-0.4, -0.2) is 56.5 Å². The average molecular weight is 691 g/mol. The van der Waals surface area contributed by atoms with Gasteiger partial charge >= 0.3 is 183 Å². The van der Waals surface area contributed by atoms with E-state index in [-0.39, 0.29) is 177 Å². The van der Waals surface area contributed by atoms with Crippen molar-refractivity contribution in [2.24, 2.45) is 0 Å². The first-order chi connectivity index (χ1) is 14.8. The molecule has 0 radical (unpaired) electrons. The van der Waals surface area contributed by atoms with Crippen molar-refractivity contribution in [1.82, 2.24) is 9.55 Å². The van der Waals surface area contributed by atoms with E-state index >= 15 is 0 Å². The molecule has 1 aromatic heterocycles. The molecule has 2 heterocycles. The van der Waals surface area contributed by atoms with Gasteiger partial charge < -0.3 is 72.2 Å². The van der Waals surface area contributed by atoms with Crippen molar-refractivity contribution in [2.45, 2.75) is 24.5 Å². The average Bonchev–Trinajstić information content (AvgIpc) is 2.84. The summed E-state index contributed by atoms with van der Waals surface area (Å²) in [4.78, 5) is 81.1. The van der Waals surface area contributed by atoms with Crippen LogP contribution in [0, 0.1) is 0 Å². The molecule has 6 atom stereocenters. The predicted octanol–water partition coefficient (Wildman–Crippen LogP) is -23.8. The molecule has 0 bridgehead atoms. The third kappa shape index (κ3) is 19.6. The second kappa shape index (κ2) is 22.0. The number of aliphatic hydroxyl groups is 2. The normalized spacial score (nSPS) is 23.4. The molecule has 1 aliphatic rings. The molecule has 39 heavy (non-hydrogen) atoms. The maximum absolute atomic E-state index is 12.0. The summed E-state index contributed by atoms with van der Waals surface area (Å²) in [7, 11) is -21.4. The molecule has 2 unspecified atom stereocenters. The van der Waals surface area contributed by atoms with Gasteiger partial charge in [-0.25, -0.2) is 4.79 Å². The van der Waals surface area contributed by atoms with Crippen LogP contribution in [0.4, 0.5) is 5.82 Å². The van der Waals surface area contributed by atoms with Gasteiger partial charge in [0, 0.05) is 27.2 Å². The molecular weight excluding hydrogens is 676 g/mol. The largest absolute Gasteiger partial charge is 1.00 e. The summed E-state index contributed by atoms with van der Waals surface area (Å²) >= 11 is 0. The maximum atomic E-state index is 12.0. The predicted molar refractivity (Wildman–Crippen MR) is 94.2 cm³/mol. The summed E-state index contributed by atoms with van der Waals surface area (Å²) in [6.07, 6.45) is -6.22. The maximum Gasteiger partial charge on any atom is 1.00 e. The Morgan fingerprint density at radius 2 is 1.44 bits per heavy atom. The number of nitrogens with zero attached hydrogens (tertiary/aromatic N) is 2. The number of ether oxygens (including phenoxy) is 1. The van der Waals surface area contributed by atoms with Crippen LogP contribution < -0.4 is 217 Å². The SMILES string of the molecule is O=c1nc(NP(=O)([O-])[O-])ccn1[C@@H]1O[C@H](COP(=O)([O-])CP(=O)([O-])CP(=O)([O-])[O-])[C@@H](O)[C@H]1O.[Na+].[Na+].[Na+].[Na+].[Na+].[Na+]. The van der Waals surface area contributed by atoms with Crippen LogP contribution in [0.3, 0.4) is 0 Å². The first-order valence-electron chi connectivity index (χ1n) is 8.44. The summed E-state index contributed by atoms with van der Waals surface area (Å²) in [6.45, 7) is -1.07. The number of anilines is 1. The molecule has 0 spiro atoms. The third-order valence-electron chi connectivity index (χ3n) is 3.91. The van der Waals surface area contributed by atoms with Crippen LogP contribution in [-0.2, 0) is 27.5 Å². The van der Waals surface area contributed by atoms with Gasteiger partial charge in [0.25, 0.3) is 0 Å². The van der Waals surface area contributed by atoms with Crippen molar-refractivity contribution in [3.63, 3.8) is 0 Å². The van der Waals surface area contributed by atoms with Crippen LogP contribution in [0.5, 0.6) is 0 Å². The van der Waals surface area contributed by atoms with Gasteiger partial charge in [-0.3, -0.25) is 4.57 Å². The van der Waals surface area contributed by atoms with Crippen LogP contribution in [0.25, 0.3) is 0 Å². The molecule has 1 fully saturated rings. The quantitative estimate of drug-likeness (QED) is 0.151. The smallest absolute Gasteiger partial charge is 0.810 e. The first kappa shape index (κ1) is 53.7. The van der Waals surface area contributed by atoms with Crippen LogP contribution in [0.15, 0.2) is 17.1 Å². The minimum Gasteiger partial charge on any atom is -0.810 e. The summed E-state index contributed by atoms with van der Waals surface area (Å²) in [6, 6.07) is 0.846. The second-order valence-electron chi connectivity index (χ2n) is 6.77. The molecule has 1 aromatic rings. The van der Waals surface area contributed by atoms with Crippen LogP contribution in [0.1, 0.15) is 6.23 Å². The minimum atomic E-state index is -5.58. The number of aromatic nitrogens is 2. The fourth-order valence-electron chi connectivity index (χ4n) is 2.71. The van der Waals surface area contributed by atoms with Crippen molar-refractivity contribution >= 4 is 36.1 Å². The Morgan fingerprint density at radius 1 is 0.923 bits per heavy atom. The molecule has 1 aliphatic heterocycles. The van der Waals surface area contributed by atoms with E-state index in [1.165, 1.54) is 5.09 Å². The Bertz CT molecular complexity index is 1140. The molecule has 0 saturated carbocycles. The molecule has 28 heteroatoms. The van der Waals surface area contributed by atoms with Crippen molar-refractivity contribution in [1.29, 1.82) is 0 Å². The van der Waals surface area contributed by atoms with Gasteiger partial charge in [-0.15, -0.1) is 0 Å². The van der Waals surface area contributed by atoms with Crippen molar-refractivity contribution in [3.05, 3.63) is 22.7 Å². The van der Waals surface area contributed by atoms with Crippen molar-refractivity contribution < 1.29 is 244 Å². The Kier molecular flexibility index (Phi) is 30.2. The van der Waals surface area contributed by atoms with Gasteiger partial charge in [-0.1, -0.05) is 7.60 Å². The molecule has 0 amide bonds. The van der Waals surface area contributed by atoms with Crippen molar-refractivity contribution in [3.8, 4) is 0 Å². The molecule has 0 aliphatic carbocycles. The molecule has 2 rings (SSSR count). The minimum absolute atomic E-state index is 0. The number of rotatable bonds is 10. The topological polar surface area (TPSA) is 312 Å². The Balaban J connectivity index is -0.000000642. The Morgan fingerprint density at radius 3 is 1.87 bits per heavy atom. The van der Waals surface area contributed by atoms with E-state index in [0.717, 1.165) is 12.3 Å². The van der Waals surface area contributed by atoms with Gasteiger partial charge in [0.15, 0.2) is 6.23 Å². The monoisotopic (exact) mass is 691 g/mol. The van der Waals surface area contributed by atoms with Gasteiger partial charge in [0.05, 0.1) is 12.5 Å². The number of nitrogens with one attached hydrogen (secondary N) is 1. The fourth-order valence-corrected chi connectivity index (χ4v) is 9.20. The van der Waals surface area contributed by atoms with Gasteiger partial charge in [-0.2, -0.15) is 4.98 Å². The van der Waals surface area contributed by atoms with E-state index in [0.29, 0.717) is 4.57 Å².